The van der Waals surface area contributed by atoms with Crippen LogP contribution in [-0.4, -0.2) is 30.5 Å². The van der Waals surface area contributed by atoms with Gasteiger partial charge in [-0.3, -0.25) is 9.59 Å². The minimum atomic E-state index is -0.436. The third-order valence-corrected chi connectivity index (χ3v) is 6.05. The minimum Gasteiger partial charge on any atom is -0.491 e. The quantitative estimate of drug-likeness (QED) is 0.391. The van der Waals surface area contributed by atoms with Crippen molar-refractivity contribution in [1.82, 2.24) is 24.4 Å². The molecule has 170 valence electrons. The molecule has 3 heterocycles. The Kier molecular flexibility index (Phi) is 5.54. The van der Waals surface area contributed by atoms with E-state index in [1.807, 2.05) is 74.6 Å². The molecule has 3 aromatic heterocycles. The molecule has 0 atom stereocenters. The van der Waals surface area contributed by atoms with Gasteiger partial charge in [0.1, 0.15) is 17.1 Å². The van der Waals surface area contributed by atoms with Crippen LogP contribution in [0.1, 0.15) is 25.1 Å². The van der Waals surface area contributed by atoms with Gasteiger partial charge in [0.15, 0.2) is 0 Å². The average Bonchev–Trinajstić information content (AvgIpc) is 3.37. The monoisotopic (exact) mass is 471 g/mol. The fourth-order valence-electron chi connectivity index (χ4n) is 3.52. The summed E-state index contributed by atoms with van der Waals surface area (Å²) in [5.41, 5.74) is 2.66. The second kappa shape index (κ2) is 8.68. The van der Waals surface area contributed by atoms with Gasteiger partial charge in [-0.05, 0) is 63.2 Å². The highest BCUT2D eigenvalue weighted by Crippen LogP contribution is 2.26. The number of thiazole rings is 1. The van der Waals surface area contributed by atoms with Gasteiger partial charge >= 0.3 is 0 Å². The predicted molar refractivity (Wildman–Crippen MR) is 132 cm³/mol. The molecule has 5 aromatic rings. The van der Waals surface area contributed by atoms with Gasteiger partial charge in [0.25, 0.3) is 11.1 Å². The van der Waals surface area contributed by atoms with Gasteiger partial charge in [0.05, 0.1) is 16.3 Å². The van der Waals surface area contributed by atoms with Gasteiger partial charge in [0.2, 0.25) is 4.96 Å². The molecule has 0 aliphatic heterocycles. The number of nitrogens with zero attached hydrogens (tertiary/aromatic N) is 5. The molecule has 9 heteroatoms. The Morgan fingerprint density at radius 1 is 1.00 bits per heavy atom. The zero-order valence-corrected chi connectivity index (χ0v) is 19.6. The van der Waals surface area contributed by atoms with E-state index in [1.54, 1.807) is 10.8 Å². The summed E-state index contributed by atoms with van der Waals surface area (Å²) in [6, 6.07) is 17.4. The topological polar surface area (TPSA) is 91.4 Å². The Hall–Kier alpha value is -4.11. The van der Waals surface area contributed by atoms with Crippen molar-refractivity contribution in [2.24, 2.45) is 0 Å². The van der Waals surface area contributed by atoms with Crippen molar-refractivity contribution < 1.29 is 4.74 Å². The van der Waals surface area contributed by atoms with Gasteiger partial charge in [0, 0.05) is 17.3 Å². The van der Waals surface area contributed by atoms with Crippen LogP contribution in [0.15, 0.2) is 70.4 Å². The summed E-state index contributed by atoms with van der Waals surface area (Å²) in [5.74, 6) is 0.774. The predicted octanol–water partition coefficient (Wildman–Crippen LogP) is 3.01. The van der Waals surface area contributed by atoms with Gasteiger partial charge in [-0.25, -0.2) is 4.68 Å². The number of hydrogen-bond acceptors (Lipinski definition) is 7. The van der Waals surface area contributed by atoms with E-state index in [1.165, 1.54) is 11.4 Å². The van der Waals surface area contributed by atoms with Crippen LogP contribution in [0.5, 0.6) is 5.75 Å². The second-order valence-electron chi connectivity index (χ2n) is 8.02. The fourth-order valence-corrected chi connectivity index (χ4v) is 4.42. The lowest BCUT2D eigenvalue weighted by Crippen LogP contribution is -2.27. The number of aromatic nitrogens is 5. The maximum Gasteiger partial charge on any atom is 0.295 e. The summed E-state index contributed by atoms with van der Waals surface area (Å²) in [7, 11) is 0. The van der Waals surface area contributed by atoms with Crippen molar-refractivity contribution in [3.8, 4) is 22.7 Å². The number of para-hydroxylation sites is 1. The molecule has 0 N–H and O–H groups in total. The molecule has 0 saturated heterocycles. The first-order valence-electron chi connectivity index (χ1n) is 10.7. The van der Waals surface area contributed by atoms with Crippen LogP contribution in [0.25, 0.3) is 28.0 Å². The molecule has 0 unspecified atom stereocenters. The number of fused-ring (bicyclic) bond motifs is 1. The second-order valence-corrected chi connectivity index (χ2v) is 9.03. The van der Waals surface area contributed by atoms with E-state index in [0.29, 0.717) is 10.2 Å². The van der Waals surface area contributed by atoms with E-state index in [0.717, 1.165) is 33.9 Å². The molecule has 0 amide bonds. The van der Waals surface area contributed by atoms with E-state index in [2.05, 4.69) is 10.1 Å². The Bertz CT molecular complexity index is 1650. The number of rotatable bonds is 5. The van der Waals surface area contributed by atoms with E-state index < -0.39 is 5.56 Å². The molecule has 0 aliphatic rings. The summed E-state index contributed by atoms with van der Waals surface area (Å²) in [4.78, 5) is 29.1. The number of hydrogen-bond donors (Lipinski definition) is 0. The van der Waals surface area contributed by atoms with Crippen molar-refractivity contribution in [3.05, 3.63) is 97.3 Å². The lowest BCUT2D eigenvalue weighted by atomic mass is 10.1. The van der Waals surface area contributed by atoms with E-state index in [4.69, 9.17) is 9.84 Å². The SMILES string of the molecule is Cc1nn2c(=O)/c(=C/c3cn(-c4ccccc4)nc3-c3ccc(OC(C)C)cc3)sc2nc1=O. The Morgan fingerprint density at radius 3 is 2.44 bits per heavy atom. The summed E-state index contributed by atoms with van der Waals surface area (Å²) < 4.78 is 9.13. The molecule has 0 radical (unpaired) electrons. The van der Waals surface area contributed by atoms with Crippen LogP contribution in [0.3, 0.4) is 0 Å². The first-order chi connectivity index (χ1) is 16.4. The van der Waals surface area contributed by atoms with E-state index >= 15 is 0 Å². The smallest absolute Gasteiger partial charge is 0.295 e. The molecule has 0 bridgehead atoms. The van der Waals surface area contributed by atoms with Gasteiger partial charge in [-0.2, -0.15) is 19.7 Å². The van der Waals surface area contributed by atoms with Gasteiger partial charge in [-0.15, -0.1) is 0 Å². The van der Waals surface area contributed by atoms with Crippen LogP contribution in [0, 0.1) is 6.92 Å². The summed E-state index contributed by atoms with van der Waals surface area (Å²) >= 11 is 1.12. The van der Waals surface area contributed by atoms with Crippen LogP contribution in [-0.2, 0) is 0 Å². The van der Waals surface area contributed by atoms with Crippen LogP contribution < -0.4 is 20.4 Å². The van der Waals surface area contributed by atoms with Crippen LogP contribution >= 0.6 is 11.3 Å². The fraction of sp³-hybridized carbons (Fsp3) is 0.160. The third-order valence-electron chi connectivity index (χ3n) is 5.09. The first kappa shape index (κ1) is 21.7. The zero-order valence-electron chi connectivity index (χ0n) is 18.8. The molecular weight excluding hydrogens is 450 g/mol. The molecule has 5 rings (SSSR count). The first-order valence-corrected chi connectivity index (χ1v) is 11.5. The number of benzene rings is 2. The Labute approximate surface area is 198 Å². The summed E-state index contributed by atoms with van der Waals surface area (Å²) in [5, 5.41) is 8.90. The lowest BCUT2D eigenvalue weighted by Gasteiger charge is -2.09. The molecule has 0 spiro atoms. The largest absolute Gasteiger partial charge is 0.491 e. The van der Waals surface area contributed by atoms with Crippen LogP contribution in [0.4, 0.5) is 0 Å². The third kappa shape index (κ3) is 4.13. The molecule has 0 aliphatic carbocycles. The zero-order chi connectivity index (χ0) is 23.8. The van der Waals surface area contributed by atoms with Crippen molar-refractivity contribution in [1.29, 1.82) is 0 Å². The van der Waals surface area contributed by atoms with Crippen LogP contribution in [0.2, 0.25) is 0 Å². The summed E-state index contributed by atoms with van der Waals surface area (Å²) in [6.45, 7) is 5.50. The van der Waals surface area contributed by atoms with E-state index in [-0.39, 0.29) is 22.3 Å². The molecular formula is C25H21N5O3S. The minimum absolute atomic E-state index is 0.0773. The molecule has 34 heavy (non-hydrogen) atoms. The highest BCUT2D eigenvalue weighted by molar-refractivity contribution is 7.15. The normalized spacial score (nSPS) is 12.1. The van der Waals surface area contributed by atoms with Crippen molar-refractivity contribution >= 4 is 22.4 Å². The number of aryl methyl sites for hydroxylation is 1. The summed E-state index contributed by atoms with van der Waals surface area (Å²) in [6.07, 6.45) is 3.72. The molecule has 0 fully saturated rings. The number of ether oxygens (including phenoxy) is 1. The van der Waals surface area contributed by atoms with Crippen molar-refractivity contribution in [2.45, 2.75) is 26.9 Å². The molecule has 2 aromatic carbocycles. The maximum absolute atomic E-state index is 13.0. The molecule has 0 saturated carbocycles. The van der Waals surface area contributed by atoms with Gasteiger partial charge in [-0.1, -0.05) is 29.5 Å². The van der Waals surface area contributed by atoms with Gasteiger partial charge < -0.3 is 4.74 Å². The van der Waals surface area contributed by atoms with Crippen molar-refractivity contribution in [2.75, 3.05) is 0 Å². The maximum atomic E-state index is 13.0. The average molecular weight is 472 g/mol. The highest BCUT2D eigenvalue weighted by atomic mass is 32.1. The van der Waals surface area contributed by atoms with E-state index in [9.17, 15) is 9.59 Å². The Morgan fingerprint density at radius 2 is 1.74 bits per heavy atom. The highest BCUT2D eigenvalue weighted by Gasteiger charge is 2.14. The Balaban J connectivity index is 1.68. The standard InChI is InChI=1S/C25H21N5O3S/c1-15(2)33-20-11-9-17(10-12-20)22-18(14-29(28-22)19-7-5-4-6-8-19)13-21-24(32)30-25(34-21)26-23(31)16(3)27-30/h4-15H,1-3H3/b21-13-. The van der Waals surface area contributed by atoms with Crippen molar-refractivity contribution in [3.63, 3.8) is 0 Å². The molecule has 8 nitrogen and oxygen atoms in total. The lowest BCUT2D eigenvalue weighted by molar-refractivity contribution is 0.242.